The molecule has 2 rings (SSSR count). The highest BCUT2D eigenvalue weighted by Gasteiger charge is 2.15. The Morgan fingerprint density at radius 1 is 1.12 bits per heavy atom. The van der Waals surface area contributed by atoms with E-state index in [-0.39, 0.29) is 16.6 Å². The van der Waals surface area contributed by atoms with Gasteiger partial charge in [0.2, 0.25) is 0 Å². The summed E-state index contributed by atoms with van der Waals surface area (Å²) in [4.78, 5) is 3.45. The number of benzene rings is 1. The zero-order chi connectivity index (χ0) is 11.9. The quantitative estimate of drug-likeness (QED) is 0.764. The third-order valence-electron chi connectivity index (χ3n) is 2.10. The molecule has 6 heteroatoms. The van der Waals surface area contributed by atoms with E-state index in [1.54, 1.807) is 0 Å². The van der Waals surface area contributed by atoms with E-state index in [9.17, 15) is 17.6 Å². The number of pyridine rings is 1. The maximum Gasteiger partial charge on any atom is 0.280 e. The summed E-state index contributed by atoms with van der Waals surface area (Å²) in [5.41, 5.74) is 4.41. The van der Waals surface area contributed by atoms with E-state index in [0.717, 1.165) is 12.1 Å². The first kappa shape index (κ1) is 10.7. The molecule has 0 atom stereocenters. The SMILES string of the molecule is Nc1cc(C(F)F)nc2cc(F)cc(F)c12. The van der Waals surface area contributed by atoms with Crippen molar-refractivity contribution < 1.29 is 17.6 Å². The molecule has 0 spiro atoms. The van der Waals surface area contributed by atoms with Crippen molar-refractivity contribution in [3.63, 3.8) is 0 Å². The van der Waals surface area contributed by atoms with Crippen LogP contribution in [0.15, 0.2) is 18.2 Å². The lowest BCUT2D eigenvalue weighted by Gasteiger charge is -2.06. The Kier molecular flexibility index (Phi) is 2.41. The first-order valence-corrected chi connectivity index (χ1v) is 4.32. The minimum Gasteiger partial charge on any atom is -0.398 e. The topological polar surface area (TPSA) is 38.9 Å². The lowest BCUT2D eigenvalue weighted by molar-refractivity contribution is 0.146. The second kappa shape index (κ2) is 3.62. The van der Waals surface area contributed by atoms with Crippen LogP contribution in [-0.4, -0.2) is 4.98 Å². The summed E-state index contributed by atoms with van der Waals surface area (Å²) in [6.07, 6.45) is -2.84. The third kappa shape index (κ3) is 1.66. The fraction of sp³-hybridized carbons (Fsp3) is 0.100. The zero-order valence-electron chi connectivity index (χ0n) is 7.85. The van der Waals surface area contributed by atoms with Crippen LogP contribution in [0.2, 0.25) is 0 Å². The summed E-state index contributed by atoms with van der Waals surface area (Å²) >= 11 is 0. The molecule has 1 heterocycles. The van der Waals surface area contributed by atoms with Crippen molar-refractivity contribution in [3.8, 4) is 0 Å². The maximum atomic E-state index is 13.3. The van der Waals surface area contributed by atoms with Gasteiger partial charge in [0.05, 0.1) is 10.9 Å². The lowest BCUT2D eigenvalue weighted by Crippen LogP contribution is -1.98. The molecule has 0 saturated carbocycles. The van der Waals surface area contributed by atoms with Gasteiger partial charge in [0, 0.05) is 17.8 Å². The molecule has 0 aliphatic rings. The van der Waals surface area contributed by atoms with Gasteiger partial charge in [-0.1, -0.05) is 0 Å². The standard InChI is InChI=1S/C10H6F4N2/c11-4-1-5(12)9-6(15)3-8(10(13)14)16-7(9)2-4/h1-3,10H,(H2,15,16). The van der Waals surface area contributed by atoms with Gasteiger partial charge in [-0.25, -0.2) is 22.5 Å². The number of alkyl halides is 2. The summed E-state index contributed by atoms with van der Waals surface area (Å²) in [5.74, 6) is -1.80. The molecule has 0 bridgehead atoms. The first-order chi connectivity index (χ1) is 7.49. The number of rotatable bonds is 1. The van der Waals surface area contributed by atoms with Crippen LogP contribution in [0.1, 0.15) is 12.1 Å². The fourth-order valence-corrected chi connectivity index (χ4v) is 1.45. The summed E-state index contributed by atoms with van der Waals surface area (Å²) in [7, 11) is 0. The molecule has 0 unspecified atom stereocenters. The largest absolute Gasteiger partial charge is 0.398 e. The summed E-state index contributed by atoms with van der Waals surface area (Å²) in [6.45, 7) is 0. The Morgan fingerprint density at radius 3 is 2.44 bits per heavy atom. The van der Waals surface area contributed by atoms with Crippen LogP contribution < -0.4 is 5.73 Å². The molecular formula is C10H6F4N2. The third-order valence-corrected chi connectivity index (χ3v) is 2.10. The number of halogens is 4. The second-order valence-electron chi connectivity index (χ2n) is 3.22. The van der Waals surface area contributed by atoms with Gasteiger partial charge in [-0.2, -0.15) is 0 Å². The number of nitrogens with zero attached hydrogens (tertiary/aromatic N) is 1. The van der Waals surface area contributed by atoms with Crippen LogP contribution in [0.25, 0.3) is 10.9 Å². The first-order valence-electron chi connectivity index (χ1n) is 4.32. The Balaban J connectivity index is 2.81. The number of hydrogen-bond acceptors (Lipinski definition) is 2. The van der Waals surface area contributed by atoms with Gasteiger partial charge in [0.15, 0.2) is 0 Å². The van der Waals surface area contributed by atoms with Gasteiger partial charge >= 0.3 is 0 Å². The predicted molar refractivity (Wildman–Crippen MR) is 51.0 cm³/mol. The van der Waals surface area contributed by atoms with E-state index in [1.165, 1.54) is 0 Å². The average molecular weight is 230 g/mol. The van der Waals surface area contributed by atoms with Crippen molar-refractivity contribution in [3.05, 3.63) is 35.5 Å². The van der Waals surface area contributed by atoms with Crippen LogP contribution in [0.5, 0.6) is 0 Å². The molecule has 0 amide bonds. The van der Waals surface area contributed by atoms with Crippen LogP contribution in [0.3, 0.4) is 0 Å². The molecule has 84 valence electrons. The number of nitrogen functional groups attached to an aromatic ring is 1. The summed E-state index contributed by atoms with van der Waals surface area (Å²) in [6, 6.07) is 2.37. The number of hydrogen-bond donors (Lipinski definition) is 1. The van der Waals surface area contributed by atoms with Gasteiger partial charge < -0.3 is 5.73 Å². The van der Waals surface area contributed by atoms with Crippen molar-refractivity contribution in [2.45, 2.75) is 6.43 Å². The molecule has 0 aliphatic heterocycles. The zero-order valence-corrected chi connectivity index (χ0v) is 7.85. The Labute approximate surface area is 87.7 Å². The average Bonchev–Trinajstić information content (AvgIpc) is 2.15. The van der Waals surface area contributed by atoms with Crippen molar-refractivity contribution in [1.29, 1.82) is 0 Å². The van der Waals surface area contributed by atoms with E-state index in [4.69, 9.17) is 5.73 Å². The molecule has 0 radical (unpaired) electrons. The molecule has 2 aromatic rings. The Hall–Kier alpha value is -1.85. The van der Waals surface area contributed by atoms with E-state index in [1.807, 2.05) is 0 Å². The molecule has 1 aromatic carbocycles. The molecule has 16 heavy (non-hydrogen) atoms. The van der Waals surface area contributed by atoms with Crippen molar-refractivity contribution in [2.75, 3.05) is 5.73 Å². The highest BCUT2D eigenvalue weighted by molar-refractivity contribution is 5.90. The van der Waals surface area contributed by atoms with Crippen LogP contribution >= 0.6 is 0 Å². The monoisotopic (exact) mass is 230 g/mol. The number of fused-ring (bicyclic) bond motifs is 1. The van der Waals surface area contributed by atoms with Gasteiger partial charge in [0.1, 0.15) is 17.3 Å². The molecule has 0 aliphatic carbocycles. The molecule has 0 fully saturated rings. The minimum absolute atomic E-state index is 0.147. The highest BCUT2D eigenvalue weighted by atomic mass is 19.3. The summed E-state index contributed by atoms with van der Waals surface area (Å²) < 4.78 is 50.9. The molecule has 0 saturated heterocycles. The van der Waals surface area contributed by atoms with Gasteiger partial charge in [-0.05, 0) is 6.07 Å². The molecule has 2 nitrogen and oxygen atoms in total. The fourth-order valence-electron chi connectivity index (χ4n) is 1.45. The molecule has 1 aromatic heterocycles. The van der Waals surface area contributed by atoms with E-state index in [2.05, 4.69) is 4.98 Å². The Bertz CT molecular complexity index is 554. The van der Waals surface area contributed by atoms with E-state index >= 15 is 0 Å². The minimum atomic E-state index is -2.84. The predicted octanol–water partition coefficient (Wildman–Crippen LogP) is 3.03. The van der Waals surface area contributed by atoms with Crippen molar-refractivity contribution in [1.82, 2.24) is 4.98 Å². The van der Waals surface area contributed by atoms with Gasteiger partial charge in [-0.3, -0.25) is 0 Å². The number of anilines is 1. The van der Waals surface area contributed by atoms with Crippen molar-refractivity contribution >= 4 is 16.6 Å². The molecule has 2 N–H and O–H groups in total. The number of aromatic nitrogens is 1. The number of nitrogens with two attached hydrogens (primary N) is 1. The van der Waals surface area contributed by atoms with Crippen molar-refractivity contribution in [2.24, 2.45) is 0 Å². The lowest BCUT2D eigenvalue weighted by atomic mass is 10.1. The van der Waals surface area contributed by atoms with E-state index in [0.29, 0.717) is 6.07 Å². The second-order valence-corrected chi connectivity index (χ2v) is 3.22. The van der Waals surface area contributed by atoms with Crippen LogP contribution in [0.4, 0.5) is 23.2 Å². The highest BCUT2D eigenvalue weighted by Crippen LogP contribution is 2.28. The molecular weight excluding hydrogens is 224 g/mol. The van der Waals surface area contributed by atoms with Crippen LogP contribution in [0, 0.1) is 11.6 Å². The van der Waals surface area contributed by atoms with Gasteiger partial charge in [0.25, 0.3) is 6.43 Å². The van der Waals surface area contributed by atoms with Gasteiger partial charge in [-0.15, -0.1) is 0 Å². The smallest absolute Gasteiger partial charge is 0.280 e. The normalized spacial score (nSPS) is 11.3. The van der Waals surface area contributed by atoms with Crippen LogP contribution in [-0.2, 0) is 0 Å². The maximum absolute atomic E-state index is 13.3. The van der Waals surface area contributed by atoms with E-state index < -0.39 is 23.8 Å². The summed E-state index contributed by atoms with van der Waals surface area (Å²) in [5, 5.41) is -0.147. The Morgan fingerprint density at radius 2 is 1.81 bits per heavy atom.